The largest absolute Gasteiger partial charge is 0.487 e. The number of nitrogen functional groups attached to an aromatic ring is 1. The molecule has 3 aromatic carbocycles. The van der Waals surface area contributed by atoms with Gasteiger partial charge >= 0.3 is 5.97 Å². The number of carboxylic acids is 1. The van der Waals surface area contributed by atoms with Crippen molar-refractivity contribution in [2.24, 2.45) is 0 Å². The summed E-state index contributed by atoms with van der Waals surface area (Å²) in [7, 11) is 0. The predicted molar refractivity (Wildman–Crippen MR) is 111 cm³/mol. The average molecular weight is 423 g/mol. The van der Waals surface area contributed by atoms with E-state index in [9.17, 15) is 14.4 Å². The molecule has 1 aliphatic rings. The van der Waals surface area contributed by atoms with Crippen LogP contribution < -0.4 is 15.4 Å². The van der Waals surface area contributed by atoms with E-state index in [1.54, 1.807) is 42.5 Å². The molecule has 0 atom stereocenters. The number of carbonyl (C=O) groups excluding carboxylic acids is 2. The quantitative estimate of drug-likeness (QED) is 0.475. The van der Waals surface area contributed by atoms with Crippen LogP contribution in [0.25, 0.3) is 0 Å². The van der Waals surface area contributed by atoms with Crippen LogP contribution >= 0.6 is 11.6 Å². The van der Waals surface area contributed by atoms with Crippen LogP contribution in [0.3, 0.4) is 0 Å². The third kappa shape index (κ3) is 3.46. The van der Waals surface area contributed by atoms with Crippen LogP contribution in [0.4, 0.5) is 11.4 Å². The molecule has 0 radical (unpaired) electrons. The molecule has 30 heavy (non-hydrogen) atoms. The molecule has 150 valence electrons. The Kier molecular flexibility index (Phi) is 4.89. The van der Waals surface area contributed by atoms with E-state index in [2.05, 4.69) is 0 Å². The Balaban J connectivity index is 1.58. The lowest BCUT2D eigenvalue weighted by Gasteiger charge is -2.15. The van der Waals surface area contributed by atoms with Crippen LogP contribution in [0, 0.1) is 0 Å². The van der Waals surface area contributed by atoms with E-state index in [0.717, 1.165) is 4.90 Å². The lowest BCUT2D eigenvalue weighted by molar-refractivity contribution is 0.0696. The van der Waals surface area contributed by atoms with Gasteiger partial charge in [0.25, 0.3) is 11.8 Å². The fourth-order valence-electron chi connectivity index (χ4n) is 3.21. The molecule has 0 spiro atoms. The van der Waals surface area contributed by atoms with Gasteiger partial charge in [0, 0.05) is 5.02 Å². The summed E-state index contributed by atoms with van der Waals surface area (Å²) >= 11 is 5.88. The monoisotopic (exact) mass is 422 g/mol. The third-order valence-electron chi connectivity index (χ3n) is 4.67. The average Bonchev–Trinajstić information content (AvgIpc) is 2.97. The molecule has 0 saturated heterocycles. The minimum Gasteiger partial charge on any atom is -0.487 e. The van der Waals surface area contributed by atoms with Gasteiger partial charge in [0.2, 0.25) is 0 Å². The number of hydrogen-bond acceptors (Lipinski definition) is 5. The van der Waals surface area contributed by atoms with Crippen LogP contribution in [-0.4, -0.2) is 22.9 Å². The molecule has 2 amide bonds. The van der Waals surface area contributed by atoms with Crippen molar-refractivity contribution in [2.75, 3.05) is 10.6 Å². The number of hydrogen-bond donors (Lipinski definition) is 2. The van der Waals surface area contributed by atoms with Gasteiger partial charge in [-0.05, 0) is 54.1 Å². The van der Waals surface area contributed by atoms with Crippen LogP contribution in [0.2, 0.25) is 5.02 Å². The molecule has 4 rings (SSSR count). The predicted octanol–water partition coefficient (Wildman–Crippen LogP) is 4.00. The van der Waals surface area contributed by atoms with E-state index in [1.807, 2.05) is 0 Å². The van der Waals surface area contributed by atoms with Crippen LogP contribution in [0.1, 0.15) is 36.6 Å². The topological polar surface area (TPSA) is 110 Å². The van der Waals surface area contributed by atoms with Crippen molar-refractivity contribution >= 4 is 40.8 Å². The molecule has 0 saturated carbocycles. The van der Waals surface area contributed by atoms with E-state index in [1.165, 1.54) is 18.2 Å². The number of benzene rings is 3. The molecule has 1 aliphatic heterocycles. The molecule has 0 unspecified atom stereocenters. The van der Waals surface area contributed by atoms with Crippen LogP contribution in [0.15, 0.2) is 60.7 Å². The summed E-state index contributed by atoms with van der Waals surface area (Å²) in [4.78, 5) is 37.8. The maximum Gasteiger partial charge on any atom is 0.335 e. The number of halogens is 1. The Bertz CT molecular complexity index is 1210. The standard InChI is InChI=1S/C22H15ClN2O5/c23-14-5-7-19(18(24)10-14)30-11-12-2-1-3-15(8-12)25-20(26)16-6-4-13(22(28)29)9-17(16)21(25)27/h1-10H,11,24H2,(H,28,29). The van der Waals surface area contributed by atoms with E-state index in [4.69, 9.17) is 27.2 Å². The highest BCUT2D eigenvalue weighted by Crippen LogP contribution is 2.30. The zero-order valence-corrected chi connectivity index (χ0v) is 16.2. The van der Waals surface area contributed by atoms with E-state index in [0.29, 0.717) is 27.7 Å². The first-order valence-corrected chi connectivity index (χ1v) is 9.26. The molecular weight excluding hydrogens is 408 g/mol. The number of imide groups is 1. The highest BCUT2D eigenvalue weighted by Gasteiger charge is 2.37. The van der Waals surface area contributed by atoms with Gasteiger partial charge in [0.05, 0.1) is 28.1 Å². The Morgan fingerprint density at radius 3 is 2.50 bits per heavy atom. The molecule has 1 heterocycles. The molecular formula is C22H15ClN2O5. The number of carboxylic acid groups (broad SMARTS) is 1. The smallest absolute Gasteiger partial charge is 0.335 e. The van der Waals surface area contributed by atoms with Crippen LogP contribution in [0.5, 0.6) is 5.75 Å². The minimum atomic E-state index is -1.17. The first-order valence-electron chi connectivity index (χ1n) is 8.88. The molecule has 7 nitrogen and oxygen atoms in total. The number of ether oxygens (including phenoxy) is 1. The summed E-state index contributed by atoms with van der Waals surface area (Å²) < 4.78 is 5.72. The Morgan fingerprint density at radius 2 is 1.77 bits per heavy atom. The number of anilines is 2. The number of nitrogens with two attached hydrogens (primary N) is 1. The van der Waals surface area contributed by atoms with Gasteiger partial charge in [-0.2, -0.15) is 0 Å². The second kappa shape index (κ2) is 7.53. The maximum atomic E-state index is 12.8. The van der Waals surface area contributed by atoms with Gasteiger partial charge in [0.15, 0.2) is 0 Å². The van der Waals surface area contributed by atoms with Gasteiger partial charge < -0.3 is 15.6 Å². The van der Waals surface area contributed by atoms with Crippen molar-refractivity contribution in [3.8, 4) is 5.75 Å². The van der Waals surface area contributed by atoms with E-state index < -0.39 is 17.8 Å². The van der Waals surface area contributed by atoms with Crippen molar-refractivity contribution in [3.63, 3.8) is 0 Å². The highest BCUT2D eigenvalue weighted by atomic mass is 35.5. The molecule has 0 fully saturated rings. The molecule has 8 heteroatoms. The van der Waals surface area contributed by atoms with Crippen molar-refractivity contribution in [1.29, 1.82) is 0 Å². The summed E-state index contributed by atoms with van der Waals surface area (Å²) in [6, 6.07) is 15.5. The third-order valence-corrected chi connectivity index (χ3v) is 4.90. The number of amides is 2. The fraction of sp³-hybridized carbons (Fsp3) is 0.0455. The lowest BCUT2D eigenvalue weighted by atomic mass is 10.1. The molecule has 3 N–H and O–H groups in total. The SMILES string of the molecule is Nc1cc(Cl)ccc1OCc1cccc(N2C(=O)c3ccc(C(=O)O)cc3C2=O)c1. The molecule has 0 aromatic heterocycles. The summed E-state index contributed by atoms with van der Waals surface area (Å²) in [6.45, 7) is 0.159. The zero-order valence-electron chi connectivity index (χ0n) is 15.5. The van der Waals surface area contributed by atoms with E-state index in [-0.39, 0.29) is 23.3 Å². The van der Waals surface area contributed by atoms with Crippen molar-refractivity contribution in [1.82, 2.24) is 0 Å². The second-order valence-corrected chi connectivity index (χ2v) is 7.09. The molecule has 0 bridgehead atoms. The molecule has 3 aromatic rings. The Morgan fingerprint density at radius 1 is 1.00 bits per heavy atom. The summed E-state index contributed by atoms with van der Waals surface area (Å²) in [5, 5.41) is 9.63. The van der Waals surface area contributed by atoms with Crippen LogP contribution in [-0.2, 0) is 6.61 Å². The fourth-order valence-corrected chi connectivity index (χ4v) is 3.39. The van der Waals surface area contributed by atoms with Gasteiger partial charge in [-0.15, -0.1) is 0 Å². The number of rotatable bonds is 5. The number of aromatic carboxylic acids is 1. The Hall–Kier alpha value is -3.84. The normalized spacial score (nSPS) is 12.8. The number of fused-ring (bicyclic) bond motifs is 1. The van der Waals surface area contributed by atoms with Crippen molar-refractivity contribution in [3.05, 3.63) is 87.9 Å². The van der Waals surface area contributed by atoms with E-state index >= 15 is 0 Å². The number of carbonyl (C=O) groups is 3. The summed E-state index contributed by atoms with van der Waals surface area (Å²) in [5.74, 6) is -1.78. The van der Waals surface area contributed by atoms with Crippen molar-refractivity contribution < 1.29 is 24.2 Å². The minimum absolute atomic E-state index is 0.0561. The first kappa shape index (κ1) is 19.5. The Labute approximate surface area is 176 Å². The van der Waals surface area contributed by atoms with Gasteiger partial charge in [-0.25, -0.2) is 9.69 Å². The first-order chi connectivity index (χ1) is 14.3. The summed E-state index contributed by atoms with van der Waals surface area (Å²) in [5.41, 5.74) is 7.53. The number of nitrogens with zero attached hydrogens (tertiary/aromatic N) is 1. The van der Waals surface area contributed by atoms with Gasteiger partial charge in [0.1, 0.15) is 12.4 Å². The van der Waals surface area contributed by atoms with Gasteiger partial charge in [-0.3, -0.25) is 9.59 Å². The van der Waals surface area contributed by atoms with Gasteiger partial charge in [-0.1, -0.05) is 23.7 Å². The van der Waals surface area contributed by atoms with Crippen molar-refractivity contribution in [2.45, 2.75) is 6.61 Å². The maximum absolute atomic E-state index is 12.8. The zero-order chi connectivity index (χ0) is 21.4. The molecule has 0 aliphatic carbocycles. The second-order valence-electron chi connectivity index (χ2n) is 6.65. The highest BCUT2D eigenvalue weighted by molar-refractivity contribution is 6.34. The summed E-state index contributed by atoms with van der Waals surface area (Å²) in [6.07, 6.45) is 0. The lowest BCUT2D eigenvalue weighted by Crippen LogP contribution is -2.29.